The van der Waals surface area contributed by atoms with Crippen molar-refractivity contribution in [2.45, 2.75) is 38.3 Å². The number of aliphatic hydroxyl groups excluding tert-OH is 2. The third kappa shape index (κ3) is 4.08. The van der Waals surface area contributed by atoms with Crippen LogP contribution in [0.5, 0.6) is 0 Å². The van der Waals surface area contributed by atoms with Gasteiger partial charge in [-0.25, -0.2) is 4.98 Å². The largest absolute Gasteiger partial charge is 0.396 e. The van der Waals surface area contributed by atoms with Crippen LogP contribution >= 0.6 is 11.6 Å². The van der Waals surface area contributed by atoms with Crippen molar-refractivity contribution in [3.05, 3.63) is 45.3 Å². The summed E-state index contributed by atoms with van der Waals surface area (Å²) in [6, 6.07) is 5.49. The van der Waals surface area contributed by atoms with Crippen LogP contribution in [-0.2, 0) is 6.54 Å². The molecule has 35 heavy (non-hydrogen) atoms. The maximum absolute atomic E-state index is 13.9. The second-order valence-electron chi connectivity index (χ2n) is 8.81. The SMILES string of the molecule is CC(CO)c1nc(-c2ncn3c2c(=O)n(CCN2CCCC(O)C2)c2c(C#N)c(Cl)ccc23)no1. The molecule has 2 atom stereocenters. The molecule has 0 amide bonds. The van der Waals surface area contributed by atoms with E-state index in [4.69, 9.17) is 16.1 Å². The first-order valence-electron chi connectivity index (χ1n) is 11.4. The summed E-state index contributed by atoms with van der Waals surface area (Å²) >= 11 is 6.33. The van der Waals surface area contributed by atoms with Crippen molar-refractivity contribution < 1.29 is 14.7 Å². The third-order valence-electron chi connectivity index (χ3n) is 6.43. The summed E-state index contributed by atoms with van der Waals surface area (Å²) in [5.41, 5.74) is 1.32. The Hall–Kier alpha value is -3.30. The summed E-state index contributed by atoms with van der Waals surface area (Å²) in [6.45, 7) is 3.75. The number of nitriles is 1. The van der Waals surface area contributed by atoms with Crippen molar-refractivity contribution >= 4 is 28.2 Å². The first-order valence-corrected chi connectivity index (χ1v) is 11.8. The van der Waals surface area contributed by atoms with Gasteiger partial charge in [-0.05, 0) is 31.5 Å². The van der Waals surface area contributed by atoms with Crippen LogP contribution in [0.4, 0.5) is 0 Å². The predicted molar refractivity (Wildman–Crippen MR) is 127 cm³/mol. The number of benzene rings is 1. The Morgan fingerprint density at radius 2 is 2.17 bits per heavy atom. The molecule has 4 aromatic rings. The van der Waals surface area contributed by atoms with Gasteiger partial charge >= 0.3 is 0 Å². The second kappa shape index (κ2) is 9.39. The Kier molecular flexibility index (Phi) is 6.29. The zero-order valence-electron chi connectivity index (χ0n) is 19.1. The summed E-state index contributed by atoms with van der Waals surface area (Å²) in [5.74, 6) is 0.0224. The molecule has 3 aromatic heterocycles. The zero-order valence-corrected chi connectivity index (χ0v) is 19.8. The van der Waals surface area contributed by atoms with Gasteiger partial charge in [0.05, 0.1) is 40.2 Å². The van der Waals surface area contributed by atoms with E-state index in [0.29, 0.717) is 24.1 Å². The highest BCUT2D eigenvalue weighted by Crippen LogP contribution is 2.28. The first-order chi connectivity index (χ1) is 16.9. The van der Waals surface area contributed by atoms with E-state index >= 15 is 0 Å². The van der Waals surface area contributed by atoms with Crippen molar-refractivity contribution in [3.63, 3.8) is 0 Å². The number of β-amino-alcohol motifs (C(OH)–C–C–N with tert-alkyl or cyclic N) is 1. The van der Waals surface area contributed by atoms with Crippen LogP contribution in [0.3, 0.4) is 0 Å². The van der Waals surface area contributed by atoms with Gasteiger partial charge in [-0.2, -0.15) is 10.2 Å². The van der Waals surface area contributed by atoms with Crippen molar-refractivity contribution in [3.8, 4) is 17.6 Å². The number of likely N-dealkylation sites (tertiary alicyclic amines) is 1. The average Bonchev–Trinajstić information content (AvgIpc) is 3.51. The van der Waals surface area contributed by atoms with Gasteiger partial charge in [-0.15, -0.1) is 0 Å². The van der Waals surface area contributed by atoms with Gasteiger partial charge < -0.3 is 19.3 Å². The minimum absolute atomic E-state index is 0.138. The molecule has 11 nitrogen and oxygen atoms in total. The van der Waals surface area contributed by atoms with Crippen LogP contribution in [0.25, 0.3) is 28.1 Å². The fourth-order valence-corrected chi connectivity index (χ4v) is 4.75. The van der Waals surface area contributed by atoms with Crippen molar-refractivity contribution in [2.24, 2.45) is 0 Å². The lowest BCUT2D eigenvalue weighted by molar-refractivity contribution is 0.0690. The number of hydrogen-bond donors (Lipinski definition) is 2. The second-order valence-corrected chi connectivity index (χ2v) is 9.21. The molecule has 4 heterocycles. The molecule has 0 bridgehead atoms. The Morgan fingerprint density at radius 3 is 2.91 bits per heavy atom. The number of rotatable bonds is 6. The van der Waals surface area contributed by atoms with Gasteiger partial charge in [0.15, 0.2) is 0 Å². The van der Waals surface area contributed by atoms with Gasteiger partial charge in [-0.1, -0.05) is 23.7 Å². The van der Waals surface area contributed by atoms with Crippen molar-refractivity contribution in [2.75, 3.05) is 26.2 Å². The average molecular weight is 498 g/mol. The molecule has 0 spiro atoms. The van der Waals surface area contributed by atoms with E-state index < -0.39 is 0 Å². The third-order valence-corrected chi connectivity index (χ3v) is 6.75. The summed E-state index contributed by atoms with van der Waals surface area (Å²) < 4.78 is 8.41. The number of aliphatic hydroxyl groups is 2. The van der Waals surface area contributed by atoms with Crippen LogP contribution < -0.4 is 5.56 Å². The summed E-state index contributed by atoms with van der Waals surface area (Å²) in [5, 5.41) is 33.5. The fraction of sp³-hybridized carbons (Fsp3) is 0.435. The number of fused-ring (bicyclic) bond motifs is 3. The van der Waals surface area contributed by atoms with Gasteiger partial charge in [-0.3, -0.25) is 14.1 Å². The predicted octanol–water partition coefficient (Wildman–Crippen LogP) is 1.78. The van der Waals surface area contributed by atoms with Crippen LogP contribution in [0, 0.1) is 11.3 Å². The standard InChI is InChI=1S/C23H24ClN7O4/c1-13(11-32)22-27-21(28-35-22)18-20-23(34)30(8-7-29-6-2-3-14(33)10-29)19-15(9-25)16(24)4-5-17(19)31(20)12-26-18/h4-5,12-14,32-33H,2-3,6-8,10-11H2,1H3. The minimum atomic E-state index is -0.390. The highest BCUT2D eigenvalue weighted by Gasteiger charge is 2.25. The maximum atomic E-state index is 13.9. The first kappa shape index (κ1) is 23.4. The van der Waals surface area contributed by atoms with Crippen molar-refractivity contribution in [1.82, 2.24) is 29.0 Å². The zero-order chi connectivity index (χ0) is 24.7. The van der Waals surface area contributed by atoms with Crippen molar-refractivity contribution in [1.29, 1.82) is 5.26 Å². The number of aromatic nitrogens is 5. The van der Waals surface area contributed by atoms with Gasteiger partial charge in [0.25, 0.3) is 5.56 Å². The van der Waals surface area contributed by atoms with Crippen LogP contribution in [0.2, 0.25) is 5.02 Å². The Bertz CT molecular complexity index is 1500. The van der Waals surface area contributed by atoms with Crippen LogP contribution in [-0.4, -0.2) is 71.6 Å². The Morgan fingerprint density at radius 1 is 1.34 bits per heavy atom. The Balaban J connectivity index is 1.69. The monoisotopic (exact) mass is 497 g/mol. The number of halogens is 1. The molecular formula is C23H24ClN7O4. The molecule has 0 radical (unpaired) electrons. The highest BCUT2D eigenvalue weighted by molar-refractivity contribution is 6.32. The lowest BCUT2D eigenvalue weighted by atomic mass is 10.1. The highest BCUT2D eigenvalue weighted by atomic mass is 35.5. The molecule has 2 N–H and O–H groups in total. The molecule has 1 aliphatic heterocycles. The smallest absolute Gasteiger partial charge is 0.277 e. The minimum Gasteiger partial charge on any atom is -0.396 e. The quantitative estimate of drug-likeness (QED) is 0.407. The number of piperidine rings is 1. The number of hydrogen-bond acceptors (Lipinski definition) is 9. The van der Waals surface area contributed by atoms with Crippen LogP contribution in [0.1, 0.15) is 37.1 Å². The van der Waals surface area contributed by atoms with E-state index in [2.05, 4.69) is 26.1 Å². The molecule has 0 aliphatic carbocycles. The lowest BCUT2D eigenvalue weighted by Gasteiger charge is -2.30. The molecule has 5 rings (SSSR count). The van der Waals surface area contributed by atoms with Gasteiger partial charge in [0, 0.05) is 19.6 Å². The molecule has 1 aliphatic rings. The van der Waals surface area contributed by atoms with Gasteiger partial charge in [0.2, 0.25) is 11.7 Å². The van der Waals surface area contributed by atoms with E-state index in [1.165, 1.54) is 6.33 Å². The normalized spacial score (nSPS) is 17.7. The summed E-state index contributed by atoms with van der Waals surface area (Å²) in [6.07, 6.45) is 2.74. The molecule has 1 saturated heterocycles. The fourth-order valence-electron chi connectivity index (χ4n) is 4.56. The summed E-state index contributed by atoms with van der Waals surface area (Å²) in [4.78, 5) is 24.7. The molecule has 12 heteroatoms. The topological polar surface area (TPSA) is 146 Å². The molecule has 182 valence electrons. The number of imidazole rings is 1. The van der Waals surface area contributed by atoms with Gasteiger partial charge in [0.1, 0.15) is 23.6 Å². The van der Waals surface area contributed by atoms with E-state index in [-0.39, 0.29) is 64.2 Å². The van der Waals surface area contributed by atoms with E-state index in [1.54, 1.807) is 28.0 Å². The van der Waals surface area contributed by atoms with E-state index in [9.17, 15) is 20.3 Å². The van der Waals surface area contributed by atoms with Crippen LogP contribution in [0.15, 0.2) is 27.8 Å². The van der Waals surface area contributed by atoms with E-state index in [0.717, 1.165) is 19.4 Å². The number of nitrogens with zero attached hydrogens (tertiary/aromatic N) is 7. The Labute approximate surface area is 204 Å². The van der Waals surface area contributed by atoms with E-state index in [1.807, 2.05) is 0 Å². The molecule has 2 unspecified atom stereocenters. The summed E-state index contributed by atoms with van der Waals surface area (Å²) in [7, 11) is 0. The molecule has 0 saturated carbocycles. The lowest BCUT2D eigenvalue weighted by Crippen LogP contribution is -2.41. The molecular weight excluding hydrogens is 474 g/mol. The molecule has 1 fully saturated rings. The maximum Gasteiger partial charge on any atom is 0.277 e. The molecule has 1 aromatic carbocycles.